The van der Waals surface area contributed by atoms with Crippen LogP contribution in [0.5, 0.6) is 46.0 Å². The SMILES string of the molecule is C=C1Nc2c(cc(C)nc2N)N1Cc1ccc(N(CCN2CCCCC2)C(=O)CCOCCOCCNC(=S)Nc2ccc3c(c2)C(=O)OC32c3ccc(O)cc3Oc3cc(O)ccc32)nc1.Cc1cc2c(c(N)n1)CC(=O)N2Cc1ccc(N(CCN2CCCCC2)C(=O)OCCSSCCNC(=S)Nc2ccc3c(c2)C(=O)OC32c3ccc(O)cc3Oc3cc(O)ccc32)nc1. The monoisotopic (exact) mass is 1880 g/mol. The summed E-state index contributed by atoms with van der Waals surface area (Å²) < 4.78 is 41.7. The van der Waals surface area contributed by atoms with Gasteiger partial charge in [-0.25, -0.2) is 34.3 Å². The number of anilines is 9. The van der Waals surface area contributed by atoms with Crippen molar-refractivity contribution in [1.29, 1.82) is 0 Å². The minimum atomic E-state index is -1.35. The van der Waals surface area contributed by atoms with Crippen molar-refractivity contribution in [3.05, 3.63) is 243 Å². The first-order valence-electron chi connectivity index (χ1n) is 44.0. The molecule has 2 saturated heterocycles. The number of aromatic hydroxyl groups is 4. The maximum absolute atomic E-state index is 13.7. The standard InChI is InChI=1S/C49H53N9O8S.C47H48N8O8S3/c1-30-24-40-45(46(50)53-30)54-31(2)58(40)29-32-6-13-43(52-28-32)57(19-18-56-16-4-3-5-17-56)44(61)14-20-63-22-23-64-21-15-51-48(67)55-33-7-10-37-36(25-33)47(62)66-49(37)38-11-8-34(59)26-41(38)65-42-27-35(60)9-12-39(42)49;1-28-21-38-34(43(48)51-28)25-42(58)55(38)27-29-5-12-41(50-26-29)54(17-16-53-14-3-2-4-15-53)46(60)61-18-20-66-65-19-13-49-45(64)52-30-6-9-35-33(22-30)44(59)63-47(35)36-10-7-31(56)23-39(36)62-40-24-32(57)8-11-37(40)47/h6-13,24-28,54,59-60H,2-5,14-23,29H2,1H3,(H2,50,53)(H2,51,55,67);5-12,21-24,26,56-57H,2-4,13-20,25,27H2,1H3,(H2,48,51)(H2,49,52,64). The highest BCUT2D eigenvalue weighted by atomic mass is 33.1. The number of nitrogens with two attached hydrogens (primary N) is 2. The minimum Gasteiger partial charge on any atom is -0.508 e. The summed E-state index contributed by atoms with van der Waals surface area (Å²) in [5, 5.41) is 57.3. The van der Waals surface area contributed by atoms with Crippen molar-refractivity contribution < 1.29 is 77.6 Å². The Kier molecular flexibility index (Phi) is 27.9. The quantitative estimate of drug-likeness (QED) is 0.00655. The zero-order chi connectivity index (χ0) is 92.6. The van der Waals surface area contributed by atoms with E-state index in [1.807, 2.05) is 55.1 Å². The molecule has 4 aromatic heterocycles. The van der Waals surface area contributed by atoms with Gasteiger partial charge < -0.3 is 111 Å². The zero-order valence-electron chi connectivity index (χ0n) is 73.3. The number of thiocarbonyl (C=S) groups is 2. The lowest BCUT2D eigenvalue weighted by Crippen LogP contribution is -2.41. The number of aromatic nitrogens is 4. The predicted molar refractivity (Wildman–Crippen MR) is 516 cm³/mol. The molecule has 10 aromatic rings. The molecule has 0 radical (unpaired) electrons. The first-order valence-corrected chi connectivity index (χ1v) is 47.3. The van der Waals surface area contributed by atoms with E-state index in [2.05, 4.69) is 57.9 Å². The molecule has 33 nitrogen and oxygen atoms in total. The van der Waals surface area contributed by atoms with Gasteiger partial charge in [-0.05, 0) is 198 Å². The second-order valence-electron chi connectivity index (χ2n) is 33.1. The summed E-state index contributed by atoms with van der Waals surface area (Å²) in [6.45, 7) is 17.7. The number of phenolic OH excluding ortho intramolecular Hbond substituents is 4. The molecule has 2 spiro atoms. The molecule has 0 bridgehead atoms. The summed E-state index contributed by atoms with van der Waals surface area (Å²) in [6, 6.07) is 40.5. The fourth-order valence-electron chi connectivity index (χ4n) is 17.8. The highest BCUT2D eigenvalue weighted by Crippen LogP contribution is 2.60. The number of pyridine rings is 4. The summed E-state index contributed by atoms with van der Waals surface area (Å²) in [6.07, 6.45) is 10.5. The van der Waals surface area contributed by atoms with Crippen molar-refractivity contribution in [2.24, 2.45) is 0 Å². The van der Waals surface area contributed by atoms with Gasteiger partial charge in [-0.15, -0.1) is 0 Å². The second-order valence-corrected chi connectivity index (χ2v) is 36.7. The first-order chi connectivity index (χ1) is 64.4. The highest BCUT2D eigenvalue weighted by molar-refractivity contribution is 8.76. The number of rotatable bonds is 30. The van der Waals surface area contributed by atoms with Gasteiger partial charge in [0.25, 0.3) is 0 Å². The van der Waals surface area contributed by atoms with Gasteiger partial charge in [-0.3, -0.25) is 19.4 Å². The predicted octanol–water partition coefficient (Wildman–Crippen LogP) is 13.7. The fourth-order valence-corrected chi connectivity index (χ4v) is 20.0. The van der Waals surface area contributed by atoms with Crippen LogP contribution in [-0.4, -0.2) is 200 Å². The Bertz CT molecular complexity index is 6040. The maximum Gasteiger partial charge on any atom is 0.415 e. The molecule has 13 N–H and O–H groups in total. The lowest BCUT2D eigenvalue weighted by Gasteiger charge is -2.36. The van der Waals surface area contributed by atoms with Gasteiger partial charge in [0, 0.05) is 149 Å². The van der Waals surface area contributed by atoms with E-state index in [-0.39, 0.29) is 60.9 Å². The number of fused-ring (bicyclic) bond motifs is 14. The number of nitrogens with one attached hydrogen (secondary N) is 5. The average molecular weight is 1880 g/mol. The van der Waals surface area contributed by atoms with Crippen LogP contribution in [-0.2, 0) is 64.0 Å². The fraction of sp³-hybridized carbons (Fsp3) is 0.323. The van der Waals surface area contributed by atoms with E-state index in [0.29, 0.717) is 195 Å². The Balaban J connectivity index is 0.000000185. The Morgan fingerprint density at radius 2 is 1.01 bits per heavy atom. The Labute approximate surface area is 786 Å². The molecule has 2 fully saturated rings. The number of likely N-dealkylation sites (tertiary alicyclic amines) is 2. The number of benzene rings is 6. The van der Waals surface area contributed by atoms with Gasteiger partial charge >= 0.3 is 18.0 Å². The molecule has 18 rings (SSSR count). The van der Waals surface area contributed by atoms with E-state index < -0.39 is 29.2 Å². The number of aryl methyl sites for hydroxylation is 2. The largest absolute Gasteiger partial charge is 0.508 e. The van der Waals surface area contributed by atoms with Crippen LogP contribution in [0.15, 0.2) is 170 Å². The molecule has 690 valence electrons. The lowest BCUT2D eigenvalue weighted by molar-refractivity contribution is -0.120. The van der Waals surface area contributed by atoms with Gasteiger partial charge in [0.1, 0.15) is 87.4 Å². The Morgan fingerprint density at radius 1 is 0.541 bits per heavy atom. The number of hydrogen-bond donors (Lipinski definition) is 11. The third kappa shape index (κ3) is 20.1. The molecule has 0 unspecified atom stereocenters. The number of piperidine rings is 2. The van der Waals surface area contributed by atoms with Gasteiger partial charge in [-0.1, -0.05) is 65.3 Å². The third-order valence-electron chi connectivity index (χ3n) is 24.1. The smallest absolute Gasteiger partial charge is 0.415 e. The maximum atomic E-state index is 13.7. The number of carbonyl (C=O) groups is 5. The van der Waals surface area contributed by atoms with Crippen LogP contribution in [0.2, 0.25) is 0 Å². The summed E-state index contributed by atoms with van der Waals surface area (Å²) in [4.78, 5) is 97.1. The minimum absolute atomic E-state index is 0.0170. The molecule has 8 aliphatic heterocycles. The van der Waals surface area contributed by atoms with Crippen LogP contribution >= 0.6 is 46.0 Å². The molecule has 0 atom stereocenters. The van der Waals surface area contributed by atoms with Gasteiger partial charge in [0.05, 0.1) is 74.9 Å². The topological polar surface area (TPSA) is 414 Å². The number of nitrogens with zero attached hydrogens (tertiary/aromatic N) is 10. The molecule has 133 heavy (non-hydrogen) atoms. The molecule has 6 aromatic carbocycles. The van der Waals surface area contributed by atoms with Crippen LogP contribution in [0, 0.1) is 13.8 Å². The molecule has 0 aliphatic carbocycles. The van der Waals surface area contributed by atoms with E-state index in [4.69, 9.17) is 74.0 Å². The summed E-state index contributed by atoms with van der Waals surface area (Å²) >= 11 is 11.1. The van der Waals surface area contributed by atoms with Gasteiger partial charge in [0.2, 0.25) is 11.8 Å². The molecule has 3 amide bonds. The van der Waals surface area contributed by atoms with Crippen LogP contribution in [0.4, 0.5) is 56.5 Å². The number of phenols is 4. The molecular formula is C96H101N17O16S4. The zero-order valence-corrected chi connectivity index (χ0v) is 76.5. The Morgan fingerprint density at radius 3 is 1.53 bits per heavy atom. The lowest BCUT2D eigenvalue weighted by atomic mass is 9.77. The number of amides is 3. The van der Waals surface area contributed by atoms with Gasteiger partial charge in [-0.2, -0.15) is 0 Å². The van der Waals surface area contributed by atoms with Crippen LogP contribution in [0.25, 0.3) is 0 Å². The summed E-state index contributed by atoms with van der Waals surface area (Å²) in [5.41, 5.74) is 21.3. The number of nitrogen functional groups attached to an aromatic ring is 2. The second kappa shape index (κ2) is 40.4. The molecule has 37 heteroatoms. The summed E-state index contributed by atoms with van der Waals surface area (Å²) in [5.74, 6) is 3.84. The first kappa shape index (κ1) is 91.6. The molecule has 8 aliphatic rings. The number of ether oxygens (including phenoxy) is 7. The number of carbonyl (C=O) groups excluding carboxylic acids is 5. The molecule has 12 heterocycles. The van der Waals surface area contributed by atoms with Crippen LogP contribution < -0.4 is 67.1 Å². The van der Waals surface area contributed by atoms with Crippen molar-refractivity contribution in [3.63, 3.8) is 0 Å². The number of hydrogen-bond acceptors (Lipinski definition) is 30. The van der Waals surface area contributed by atoms with Crippen molar-refractivity contribution in [1.82, 2.24) is 40.4 Å². The third-order valence-corrected chi connectivity index (χ3v) is 27.0. The average Bonchev–Trinajstić information content (AvgIpc) is 1.59. The highest BCUT2D eigenvalue weighted by Gasteiger charge is 2.56. The molecule has 0 saturated carbocycles. The van der Waals surface area contributed by atoms with Crippen molar-refractivity contribution in [3.8, 4) is 46.0 Å². The van der Waals surface area contributed by atoms with Crippen molar-refractivity contribution in [2.45, 2.75) is 89.5 Å². The van der Waals surface area contributed by atoms with E-state index in [1.165, 1.54) is 74.2 Å². The molecular weight excluding hydrogens is 1780 g/mol. The summed E-state index contributed by atoms with van der Waals surface area (Å²) in [7, 11) is 3.21. The number of esters is 2. The Hall–Kier alpha value is -13.3. The van der Waals surface area contributed by atoms with Gasteiger partial charge in [0.15, 0.2) is 21.4 Å². The van der Waals surface area contributed by atoms with E-state index in [9.17, 15) is 44.4 Å². The van der Waals surface area contributed by atoms with Crippen LogP contribution in [0.1, 0.15) is 127 Å². The van der Waals surface area contributed by atoms with Crippen LogP contribution in [0.3, 0.4) is 0 Å². The van der Waals surface area contributed by atoms with Crippen molar-refractivity contribution >= 4 is 138 Å². The van der Waals surface area contributed by atoms with Crippen molar-refractivity contribution in [2.75, 3.05) is 157 Å². The normalized spacial score (nSPS) is 15.5. The van der Waals surface area contributed by atoms with E-state index in [0.717, 1.165) is 90.7 Å². The van der Waals surface area contributed by atoms with E-state index >= 15 is 0 Å². The van der Waals surface area contributed by atoms with E-state index in [1.54, 1.807) is 109 Å².